The molecule has 0 atom stereocenters. The highest BCUT2D eigenvalue weighted by Gasteiger charge is 2.14. The van der Waals surface area contributed by atoms with Gasteiger partial charge in [-0.15, -0.1) is 0 Å². The molecule has 0 spiro atoms. The highest BCUT2D eigenvalue weighted by atomic mass is 16.6. The van der Waals surface area contributed by atoms with Gasteiger partial charge < -0.3 is 15.2 Å². The van der Waals surface area contributed by atoms with Gasteiger partial charge in [0.15, 0.2) is 0 Å². The van der Waals surface area contributed by atoms with Gasteiger partial charge in [-0.3, -0.25) is 0 Å². The normalized spacial score (nSPS) is 10.6. The third-order valence-electron chi connectivity index (χ3n) is 1.56. The maximum atomic E-state index is 10.4. The summed E-state index contributed by atoms with van der Waals surface area (Å²) in [5.41, 5.74) is 0.360. The minimum atomic E-state index is -1.12. The van der Waals surface area contributed by atoms with Gasteiger partial charge in [0.05, 0.1) is 7.05 Å². The zero-order chi connectivity index (χ0) is 10.7. The first kappa shape index (κ1) is 9.90. The van der Waals surface area contributed by atoms with E-state index in [2.05, 4.69) is 4.98 Å². The number of aromatic nitrogens is 2. The van der Waals surface area contributed by atoms with Crippen LogP contribution in [-0.4, -0.2) is 25.6 Å². The maximum absolute atomic E-state index is 10.4. The Bertz CT molecular complexity index is 407. The number of aliphatic carboxylic acids is 1. The van der Waals surface area contributed by atoms with Crippen LogP contribution in [0.3, 0.4) is 0 Å². The first-order valence-electron chi connectivity index (χ1n) is 3.59. The summed E-state index contributed by atoms with van der Waals surface area (Å²) in [6.45, 7) is 0. The number of nitrogens with zero attached hydrogens (tertiary/aromatic N) is 3. The molecule has 0 bridgehead atoms. The highest BCUT2D eigenvalue weighted by Crippen LogP contribution is 2.11. The molecule has 1 aromatic heterocycles. The molecule has 1 rings (SSSR count). The van der Waals surface area contributed by atoms with Crippen molar-refractivity contribution in [1.82, 2.24) is 9.55 Å². The van der Waals surface area contributed by atoms with Crippen LogP contribution in [-0.2, 0) is 11.8 Å². The molecule has 1 N–H and O–H groups in total. The molecule has 74 valence electrons. The predicted molar refractivity (Wildman–Crippen MR) is 46.5 cm³/mol. The van der Waals surface area contributed by atoms with Crippen LogP contribution in [0.5, 0.6) is 0 Å². The van der Waals surface area contributed by atoms with Crippen LogP contribution < -0.4 is 0 Å². The fourth-order valence-corrected chi connectivity index (χ4v) is 0.894. The SMILES string of the molecule is Cn1c(/C=C/C(=O)O)cnc1[N+](=O)[O-]. The van der Waals surface area contributed by atoms with Crippen molar-refractivity contribution in [1.29, 1.82) is 0 Å². The van der Waals surface area contributed by atoms with E-state index in [0.717, 1.165) is 6.08 Å². The Kier molecular flexibility index (Phi) is 2.61. The summed E-state index contributed by atoms with van der Waals surface area (Å²) >= 11 is 0. The summed E-state index contributed by atoms with van der Waals surface area (Å²) in [7, 11) is 1.44. The van der Waals surface area contributed by atoms with Crippen molar-refractivity contribution >= 4 is 18.0 Å². The van der Waals surface area contributed by atoms with Gasteiger partial charge in [-0.05, 0) is 11.0 Å². The molecule has 0 aliphatic rings. The molecule has 0 saturated heterocycles. The van der Waals surface area contributed by atoms with Crippen LogP contribution >= 0.6 is 0 Å². The van der Waals surface area contributed by atoms with Crippen molar-refractivity contribution in [2.45, 2.75) is 0 Å². The molecular formula is C7H7N3O4. The lowest BCUT2D eigenvalue weighted by atomic mass is 10.4. The van der Waals surface area contributed by atoms with E-state index < -0.39 is 10.9 Å². The lowest BCUT2D eigenvalue weighted by Gasteiger charge is -1.94. The predicted octanol–water partition coefficient (Wildman–Crippen LogP) is 0.426. The quantitative estimate of drug-likeness (QED) is 0.430. The molecule has 0 aliphatic heterocycles. The average molecular weight is 197 g/mol. The summed E-state index contributed by atoms with van der Waals surface area (Å²) in [6, 6.07) is 0. The van der Waals surface area contributed by atoms with Crippen LogP contribution in [0.15, 0.2) is 12.3 Å². The van der Waals surface area contributed by atoms with E-state index in [1.807, 2.05) is 0 Å². The molecule has 0 radical (unpaired) electrons. The molecule has 14 heavy (non-hydrogen) atoms. The Labute approximate surface area is 78.4 Å². The number of hydrogen-bond donors (Lipinski definition) is 1. The molecule has 0 aromatic carbocycles. The van der Waals surface area contributed by atoms with Gasteiger partial charge in [-0.25, -0.2) is 9.36 Å². The molecule has 7 nitrogen and oxygen atoms in total. The van der Waals surface area contributed by atoms with Crippen molar-refractivity contribution < 1.29 is 14.8 Å². The minimum Gasteiger partial charge on any atom is -0.478 e. The third kappa shape index (κ3) is 1.94. The van der Waals surface area contributed by atoms with Crippen LogP contribution in [0.25, 0.3) is 6.08 Å². The van der Waals surface area contributed by atoms with Crippen LogP contribution in [0.1, 0.15) is 5.69 Å². The number of carboxylic acids is 1. The lowest BCUT2D eigenvalue weighted by Crippen LogP contribution is -1.99. The van der Waals surface area contributed by atoms with Gasteiger partial charge in [0.25, 0.3) is 0 Å². The molecule has 7 heteroatoms. The Morgan fingerprint density at radius 2 is 2.43 bits per heavy atom. The molecule has 0 fully saturated rings. The number of rotatable bonds is 3. The smallest absolute Gasteiger partial charge is 0.434 e. The first-order chi connectivity index (χ1) is 6.52. The van der Waals surface area contributed by atoms with E-state index >= 15 is 0 Å². The van der Waals surface area contributed by atoms with Crippen LogP contribution in [0.2, 0.25) is 0 Å². The number of hydrogen-bond acceptors (Lipinski definition) is 4. The van der Waals surface area contributed by atoms with Crippen molar-refractivity contribution in [2.24, 2.45) is 7.05 Å². The van der Waals surface area contributed by atoms with E-state index in [0.29, 0.717) is 5.69 Å². The van der Waals surface area contributed by atoms with Crippen LogP contribution in [0.4, 0.5) is 5.95 Å². The second kappa shape index (κ2) is 3.69. The van der Waals surface area contributed by atoms with Crippen molar-refractivity contribution in [2.75, 3.05) is 0 Å². The second-order valence-electron chi connectivity index (χ2n) is 2.47. The first-order valence-corrected chi connectivity index (χ1v) is 3.59. The second-order valence-corrected chi connectivity index (χ2v) is 2.47. The summed E-state index contributed by atoms with van der Waals surface area (Å²) in [4.78, 5) is 23.4. The van der Waals surface area contributed by atoms with Gasteiger partial charge >= 0.3 is 11.9 Å². The molecule has 0 unspecified atom stereocenters. The van der Waals surface area contributed by atoms with E-state index in [4.69, 9.17) is 5.11 Å². The van der Waals surface area contributed by atoms with Gasteiger partial charge in [-0.2, -0.15) is 0 Å². The topological polar surface area (TPSA) is 98.3 Å². The maximum Gasteiger partial charge on any atom is 0.434 e. The molecular weight excluding hydrogens is 190 g/mol. The number of carboxylic acid groups (broad SMARTS) is 1. The molecule has 1 heterocycles. The fraction of sp³-hybridized carbons (Fsp3) is 0.143. The van der Waals surface area contributed by atoms with Gasteiger partial charge in [0.2, 0.25) is 0 Å². The van der Waals surface area contributed by atoms with E-state index in [9.17, 15) is 14.9 Å². The van der Waals surface area contributed by atoms with E-state index in [1.165, 1.54) is 23.9 Å². The average Bonchev–Trinajstić information content (AvgIpc) is 2.43. The Morgan fingerprint density at radius 1 is 1.79 bits per heavy atom. The summed E-state index contributed by atoms with van der Waals surface area (Å²) in [6.07, 6.45) is 3.36. The Balaban J connectivity index is 3.01. The summed E-state index contributed by atoms with van der Waals surface area (Å²) in [5.74, 6) is -1.44. The molecule has 0 amide bonds. The zero-order valence-electron chi connectivity index (χ0n) is 7.25. The van der Waals surface area contributed by atoms with E-state index in [1.54, 1.807) is 0 Å². The van der Waals surface area contributed by atoms with Crippen molar-refractivity contribution in [3.8, 4) is 0 Å². The monoisotopic (exact) mass is 197 g/mol. The summed E-state index contributed by atoms with van der Waals surface area (Å²) in [5, 5.41) is 18.7. The zero-order valence-corrected chi connectivity index (χ0v) is 7.25. The molecule has 1 aromatic rings. The van der Waals surface area contributed by atoms with Crippen LogP contribution in [0, 0.1) is 10.1 Å². The third-order valence-corrected chi connectivity index (χ3v) is 1.56. The summed E-state index contributed by atoms with van der Waals surface area (Å²) < 4.78 is 1.19. The standard InChI is InChI=1S/C7H7N3O4/c1-9-5(2-3-6(11)12)4-8-7(9)10(13)14/h2-4H,1H3,(H,11,12)/b3-2+. The minimum absolute atomic E-state index is 0.324. The van der Waals surface area contributed by atoms with Gasteiger partial charge in [0, 0.05) is 6.08 Å². The van der Waals surface area contributed by atoms with Gasteiger partial charge in [-0.1, -0.05) is 4.98 Å². The Hall–Kier alpha value is -2.18. The number of nitro groups is 1. The largest absolute Gasteiger partial charge is 0.478 e. The van der Waals surface area contributed by atoms with Gasteiger partial charge in [0.1, 0.15) is 11.9 Å². The molecule has 0 aliphatic carbocycles. The Morgan fingerprint density at radius 3 is 2.86 bits per heavy atom. The number of carbonyl (C=O) groups is 1. The number of imidazole rings is 1. The highest BCUT2D eigenvalue weighted by molar-refractivity contribution is 5.84. The molecule has 0 saturated carbocycles. The lowest BCUT2D eigenvalue weighted by molar-refractivity contribution is -0.396. The van der Waals surface area contributed by atoms with Crippen molar-refractivity contribution in [3.05, 3.63) is 28.1 Å². The van der Waals surface area contributed by atoms with E-state index in [-0.39, 0.29) is 5.95 Å². The fourth-order valence-electron chi connectivity index (χ4n) is 0.894. The van der Waals surface area contributed by atoms with Crippen molar-refractivity contribution in [3.63, 3.8) is 0 Å².